The molecule has 3 nitrogen and oxygen atoms in total. The molecule has 4 heteroatoms. The highest BCUT2D eigenvalue weighted by molar-refractivity contribution is 5.21. The summed E-state index contributed by atoms with van der Waals surface area (Å²) in [6.45, 7) is 2.64. The molecular weight excluding hydrogens is 229 g/mol. The Kier molecular flexibility index (Phi) is 4.36. The third kappa shape index (κ3) is 3.11. The van der Waals surface area contributed by atoms with Crippen LogP contribution >= 0.6 is 0 Å². The Hall–Kier alpha value is -1.81. The minimum atomic E-state index is -0.167. The van der Waals surface area contributed by atoms with Crippen molar-refractivity contribution >= 4 is 0 Å². The van der Waals surface area contributed by atoms with E-state index >= 15 is 0 Å². The van der Waals surface area contributed by atoms with E-state index in [4.69, 9.17) is 0 Å². The first-order valence-electron chi connectivity index (χ1n) is 6.04. The van der Waals surface area contributed by atoms with Gasteiger partial charge in [0, 0.05) is 24.3 Å². The van der Waals surface area contributed by atoms with Crippen LogP contribution in [-0.4, -0.2) is 9.97 Å². The molecule has 0 fully saturated rings. The van der Waals surface area contributed by atoms with Crippen LogP contribution in [0.25, 0.3) is 0 Å². The van der Waals surface area contributed by atoms with Gasteiger partial charge in [-0.25, -0.2) is 14.4 Å². The predicted octanol–water partition coefficient (Wildman–Crippen LogP) is 2.86. The zero-order chi connectivity index (χ0) is 12.8. The number of aromatic nitrogens is 2. The van der Waals surface area contributed by atoms with Crippen molar-refractivity contribution in [3.8, 4) is 0 Å². The summed E-state index contributed by atoms with van der Waals surface area (Å²) in [5.74, 6) is -0.167. The average Bonchev–Trinajstić information content (AvgIpc) is 2.42. The van der Waals surface area contributed by atoms with Gasteiger partial charge in [-0.05, 0) is 18.6 Å². The molecule has 1 heterocycles. The molecule has 1 aromatic carbocycles. The van der Waals surface area contributed by atoms with Crippen LogP contribution in [0.15, 0.2) is 42.9 Å². The molecule has 0 aliphatic heterocycles. The first-order chi connectivity index (χ1) is 8.81. The van der Waals surface area contributed by atoms with Crippen LogP contribution in [0.5, 0.6) is 0 Å². The van der Waals surface area contributed by atoms with Gasteiger partial charge in [-0.2, -0.15) is 0 Å². The van der Waals surface area contributed by atoms with E-state index in [0.29, 0.717) is 12.1 Å². The van der Waals surface area contributed by atoms with Crippen molar-refractivity contribution in [3.63, 3.8) is 0 Å². The fourth-order valence-corrected chi connectivity index (χ4v) is 1.88. The molecule has 0 radical (unpaired) electrons. The highest BCUT2D eigenvalue weighted by Gasteiger charge is 2.12. The van der Waals surface area contributed by atoms with Crippen LogP contribution in [0.4, 0.5) is 4.39 Å². The lowest BCUT2D eigenvalue weighted by atomic mass is 10.0. The minimum Gasteiger partial charge on any atom is -0.304 e. The molecule has 0 bridgehead atoms. The molecule has 94 valence electrons. The normalized spacial score (nSPS) is 12.3. The van der Waals surface area contributed by atoms with Gasteiger partial charge in [0.15, 0.2) is 0 Å². The number of rotatable bonds is 5. The van der Waals surface area contributed by atoms with E-state index in [1.807, 2.05) is 25.1 Å². The second-order valence-corrected chi connectivity index (χ2v) is 4.06. The van der Waals surface area contributed by atoms with Crippen molar-refractivity contribution in [2.24, 2.45) is 0 Å². The summed E-state index contributed by atoms with van der Waals surface area (Å²) in [7, 11) is 0. The van der Waals surface area contributed by atoms with Gasteiger partial charge >= 0.3 is 0 Å². The average molecular weight is 245 g/mol. The summed E-state index contributed by atoms with van der Waals surface area (Å²) in [5.41, 5.74) is 1.61. The monoisotopic (exact) mass is 245 g/mol. The quantitative estimate of drug-likeness (QED) is 0.880. The lowest BCUT2D eigenvalue weighted by molar-refractivity contribution is 0.484. The van der Waals surface area contributed by atoms with Gasteiger partial charge < -0.3 is 5.32 Å². The number of hydrogen-bond donors (Lipinski definition) is 1. The van der Waals surface area contributed by atoms with Gasteiger partial charge in [0.2, 0.25) is 0 Å². The summed E-state index contributed by atoms with van der Waals surface area (Å²) < 4.78 is 13.7. The number of hydrogen-bond acceptors (Lipinski definition) is 3. The number of benzene rings is 1. The summed E-state index contributed by atoms with van der Waals surface area (Å²) in [5, 5.41) is 3.31. The first kappa shape index (κ1) is 12.6. The van der Waals surface area contributed by atoms with Crippen molar-refractivity contribution in [2.45, 2.75) is 25.9 Å². The molecule has 0 spiro atoms. The zero-order valence-corrected chi connectivity index (χ0v) is 10.3. The fourth-order valence-electron chi connectivity index (χ4n) is 1.88. The van der Waals surface area contributed by atoms with Gasteiger partial charge in [0.25, 0.3) is 0 Å². The Labute approximate surface area is 106 Å². The van der Waals surface area contributed by atoms with E-state index in [-0.39, 0.29) is 11.9 Å². The second-order valence-electron chi connectivity index (χ2n) is 4.06. The van der Waals surface area contributed by atoms with Gasteiger partial charge in [-0.1, -0.05) is 25.1 Å². The van der Waals surface area contributed by atoms with Crippen LogP contribution in [0, 0.1) is 5.82 Å². The van der Waals surface area contributed by atoms with E-state index in [2.05, 4.69) is 15.3 Å². The van der Waals surface area contributed by atoms with Crippen molar-refractivity contribution in [3.05, 3.63) is 59.9 Å². The molecule has 18 heavy (non-hydrogen) atoms. The van der Waals surface area contributed by atoms with Gasteiger partial charge in [-0.15, -0.1) is 0 Å². The molecule has 0 saturated carbocycles. The smallest absolute Gasteiger partial charge is 0.127 e. The predicted molar refractivity (Wildman–Crippen MR) is 68.3 cm³/mol. The van der Waals surface area contributed by atoms with Crippen LogP contribution in [0.2, 0.25) is 0 Å². The Morgan fingerprint density at radius 2 is 2.11 bits per heavy atom. The Morgan fingerprint density at radius 3 is 2.78 bits per heavy atom. The van der Waals surface area contributed by atoms with Crippen molar-refractivity contribution in [1.29, 1.82) is 0 Å². The van der Waals surface area contributed by atoms with E-state index in [9.17, 15) is 4.39 Å². The lowest BCUT2D eigenvalue weighted by Crippen LogP contribution is -2.21. The lowest BCUT2D eigenvalue weighted by Gasteiger charge is -2.17. The molecule has 1 atom stereocenters. The Bertz CT molecular complexity index is 487. The minimum absolute atomic E-state index is 0.00108. The summed E-state index contributed by atoms with van der Waals surface area (Å²) in [4.78, 5) is 8.00. The van der Waals surface area contributed by atoms with Crippen LogP contribution < -0.4 is 5.32 Å². The molecule has 2 aromatic rings. The Morgan fingerprint density at radius 1 is 1.28 bits per heavy atom. The highest BCUT2D eigenvalue weighted by Crippen LogP contribution is 2.19. The fraction of sp³-hybridized carbons (Fsp3) is 0.286. The summed E-state index contributed by atoms with van der Waals surface area (Å²) in [6.07, 6.45) is 4.04. The first-order valence-corrected chi connectivity index (χ1v) is 6.04. The molecule has 0 saturated heterocycles. The Balaban J connectivity index is 2.04. The molecule has 0 amide bonds. The van der Waals surface area contributed by atoms with Gasteiger partial charge in [-0.3, -0.25) is 0 Å². The molecule has 1 aromatic heterocycles. The number of nitrogens with one attached hydrogen (secondary N) is 1. The van der Waals surface area contributed by atoms with Crippen LogP contribution in [0.1, 0.15) is 30.6 Å². The highest BCUT2D eigenvalue weighted by atomic mass is 19.1. The van der Waals surface area contributed by atoms with E-state index < -0.39 is 0 Å². The van der Waals surface area contributed by atoms with Gasteiger partial charge in [0.05, 0.1) is 5.69 Å². The molecular formula is C14H16FN3. The molecule has 0 aliphatic rings. The molecule has 1 unspecified atom stereocenters. The maximum atomic E-state index is 13.7. The number of nitrogens with zero attached hydrogens (tertiary/aromatic N) is 2. The maximum Gasteiger partial charge on any atom is 0.127 e. The third-order valence-electron chi connectivity index (χ3n) is 2.86. The van der Waals surface area contributed by atoms with E-state index in [1.54, 1.807) is 12.3 Å². The molecule has 0 aliphatic carbocycles. The van der Waals surface area contributed by atoms with E-state index in [0.717, 1.165) is 12.1 Å². The second kappa shape index (κ2) is 6.21. The maximum absolute atomic E-state index is 13.7. The van der Waals surface area contributed by atoms with Crippen molar-refractivity contribution in [1.82, 2.24) is 15.3 Å². The third-order valence-corrected chi connectivity index (χ3v) is 2.86. The SMILES string of the molecule is CCC(NCc1ccncn1)c1ccccc1F. The van der Waals surface area contributed by atoms with Crippen LogP contribution in [0.3, 0.4) is 0 Å². The standard InChI is InChI=1S/C14H16FN3/c1-2-14(12-5-3-4-6-13(12)15)17-9-11-7-8-16-10-18-11/h3-8,10,14,17H,2,9H2,1H3. The topological polar surface area (TPSA) is 37.8 Å². The summed E-state index contributed by atoms with van der Waals surface area (Å²) in [6, 6.07) is 8.71. The summed E-state index contributed by atoms with van der Waals surface area (Å²) >= 11 is 0. The largest absolute Gasteiger partial charge is 0.304 e. The van der Waals surface area contributed by atoms with Gasteiger partial charge in [0.1, 0.15) is 12.1 Å². The zero-order valence-electron chi connectivity index (χ0n) is 10.3. The van der Waals surface area contributed by atoms with E-state index in [1.165, 1.54) is 12.4 Å². The molecule has 2 rings (SSSR count). The molecule has 1 N–H and O–H groups in total. The van der Waals surface area contributed by atoms with Crippen LogP contribution in [-0.2, 0) is 6.54 Å². The van der Waals surface area contributed by atoms with Crippen molar-refractivity contribution < 1.29 is 4.39 Å². The van der Waals surface area contributed by atoms with Crippen molar-refractivity contribution in [2.75, 3.05) is 0 Å². The number of halogens is 1.